The van der Waals surface area contributed by atoms with E-state index in [1.54, 1.807) is 6.07 Å². The molecule has 0 saturated carbocycles. The number of rotatable bonds is 3. The fourth-order valence-electron chi connectivity index (χ4n) is 1.57. The Morgan fingerprint density at radius 2 is 1.85 bits per heavy atom. The van der Waals surface area contributed by atoms with Gasteiger partial charge in [-0.2, -0.15) is 13.2 Å². The first-order valence-electron chi connectivity index (χ1n) is 5.41. The lowest BCUT2D eigenvalue weighted by atomic mass is 10.1. The summed E-state index contributed by atoms with van der Waals surface area (Å²) in [6, 6.07) is 6.11. The van der Waals surface area contributed by atoms with E-state index >= 15 is 0 Å². The number of hydrogen-bond acceptors (Lipinski definition) is 2. The Morgan fingerprint density at radius 3 is 2.30 bits per heavy atom. The molecule has 0 saturated heterocycles. The quantitative estimate of drug-likeness (QED) is 0.630. The molecule has 0 spiro atoms. The third-order valence-corrected chi connectivity index (χ3v) is 5.08. The Labute approximate surface area is 130 Å². The molecule has 0 unspecified atom stereocenters. The van der Waals surface area contributed by atoms with E-state index in [9.17, 15) is 18.0 Å². The summed E-state index contributed by atoms with van der Waals surface area (Å²) in [6.45, 7) is 0. The lowest BCUT2D eigenvalue weighted by Gasteiger charge is -2.07. The topological polar surface area (TPSA) is 17.1 Å². The maximum absolute atomic E-state index is 12.4. The number of carbonyl (C=O) groups excluding carboxylic acids is 1. The highest BCUT2D eigenvalue weighted by atomic mass is 79.9. The highest BCUT2D eigenvalue weighted by molar-refractivity contribution is 9.11. The van der Waals surface area contributed by atoms with Crippen LogP contribution in [0.4, 0.5) is 13.2 Å². The van der Waals surface area contributed by atoms with Crippen LogP contribution in [0.5, 0.6) is 0 Å². The minimum atomic E-state index is -4.37. The van der Waals surface area contributed by atoms with Crippen LogP contribution in [0.2, 0.25) is 5.02 Å². The van der Waals surface area contributed by atoms with Crippen molar-refractivity contribution in [2.45, 2.75) is 12.6 Å². The Hall–Kier alpha value is -0.850. The highest BCUT2D eigenvalue weighted by Crippen LogP contribution is 2.33. The molecule has 2 aromatic rings. The standard InChI is InChI=1S/C13H7BrClF3OS/c14-12-9(15)6-11(20-12)10(19)5-7-1-3-8(4-2-7)13(16,17)18/h1-4,6H,5H2. The Morgan fingerprint density at radius 1 is 1.25 bits per heavy atom. The van der Waals surface area contributed by atoms with Gasteiger partial charge in [0.25, 0.3) is 0 Å². The highest BCUT2D eigenvalue weighted by Gasteiger charge is 2.30. The summed E-state index contributed by atoms with van der Waals surface area (Å²) in [5.41, 5.74) is -0.195. The van der Waals surface area contributed by atoms with E-state index in [-0.39, 0.29) is 12.2 Å². The van der Waals surface area contributed by atoms with Crippen molar-refractivity contribution in [2.24, 2.45) is 0 Å². The third kappa shape index (κ3) is 3.62. The third-order valence-electron chi connectivity index (χ3n) is 2.57. The van der Waals surface area contributed by atoms with Crippen LogP contribution in [0.25, 0.3) is 0 Å². The van der Waals surface area contributed by atoms with Crippen molar-refractivity contribution < 1.29 is 18.0 Å². The molecule has 0 bridgehead atoms. The van der Waals surface area contributed by atoms with Gasteiger partial charge in [0, 0.05) is 6.42 Å². The van der Waals surface area contributed by atoms with Gasteiger partial charge in [0.1, 0.15) is 0 Å². The van der Waals surface area contributed by atoms with Gasteiger partial charge in [-0.25, -0.2) is 0 Å². The fourth-order valence-corrected chi connectivity index (χ4v) is 3.21. The lowest BCUT2D eigenvalue weighted by molar-refractivity contribution is -0.137. The number of alkyl halides is 3. The van der Waals surface area contributed by atoms with Gasteiger partial charge in [0.2, 0.25) is 0 Å². The van der Waals surface area contributed by atoms with E-state index in [0.717, 1.165) is 12.1 Å². The monoisotopic (exact) mass is 382 g/mol. The number of halogens is 5. The molecule has 106 valence electrons. The van der Waals surface area contributed by atoms with Gasteiger partial charge < -0.3 is 0 Å². The summed E-state index contributed by atoms with van der Waals surface area (Å²) in [4.78, 5) is 12.4. The molecule has 0 aliphatic rings. The first kappa shape index (κ1) is 15.5. The molecular formula is C13H7BrClF3OS. The average Bonchev–Trinajstić information content (AvgIpc) is 2.69. The fraction of sp³-hybridized carbons (Fsp3) is 0.154. The van der Waals surface area contributed by atoms with Crippen LogP contribution >= 0.6 is 38.9 Å². The Balaban J connectivity index is 2.12. The molecule has 20 heavy (non-hydrogen) atoms. The minimum Gasteiger partial charge on any atom is -0.293 e. The number of benzene rings is 1. The molecule has 0 N–H and O–H groups in total. The second kappa shape index (κ2) is 5.87. The van der Waals surface area contributed by atoms with Crippen molar-refractivity contribution in [2.75, 3.05) is 0 Å². The van der Waals surface area contributed by atoms with E-state index in [1.165, 1.54) is 23.5 Å². The largest absolute Gasteiger partial charge is 0.416 e. The Kier molecular flexibility index (Phi) is 4.56. The number of carbonyl (C=O) groups is 1. The molecule has 0 aliphatic heterocycles. The molecule has 2 rings (SSSR count). The molecule has 0 radical (unpaired) electrons. The van der Waals surface area contributed by atoms with Gasteiger partial charge in [-0.3, -0.25) is 4.79 Å². The number of Topliss-reactive ketones (excluding diaryl/α,β-unsaturated/α-hetero) is 1. The van der Waals surface area contributed by atoms with Crippen molar-refractivity contribution in [3.05, 3.63) is 55.1 Å². The average molecular weight is 384 g/mol. The van der Waals surface area contributed by atoms with Gasteiger partial charge in [-0.1, -0.05) is 23.7 Å². The van der Waals surface area contributed by atoms with Crippen LogP contribution in [0.1, 0.15) is 20.8 Å². The minimum absolute atomic E-state index is 0.0431. The molecule has 1 heterocycles. The van der Waals surface area contributed by atoms with Gasteiger partial charge in [0.05, 0.1) is 19.2 Å². The van der Waals surface area contributed by atoms with Crippen LogP contribution in [0.3, 0.4) is 0 Å². The first-order chi connectivity index (χ1) is 9.27. The molecule has 7 heteroatoms. The van der Waals surface area contributed by atoms with Crippen molar-refractivity contribution in [1.29, 1.82) is 0 Å². The summed E-state index contributed by atoms with van der Waals surface area (Å²) < 4.78 is 37.9. The van der Waals surface area contributed by atoms with Gasteiger partial charge in [-0.05, 0) is 39.7 Å². The van der Waals surface area contributed by atoms with Crippen molar-refractivity contribution in [1.82, 2.24) is 0 Å². The van der Waals surface area contributed by atoms with E-state index in [4.69, 9.17) is 11.6 Å². The predicted octanol–water partition coefficient (Wildman–Crippen LogP) is 5.61. The molecule has 0 fully saturated rings. The van der Waals surface area contributed by atoms with Crippen molar-refractivity contribution in [3.8, 4) is 0 Å². The van der Waals surface area contributed by atoms with E-state index < -0.39 is 11.7 Å². The zero-order valence-corrected chi connectivity index (χ0v) is 13.0. The van der Waals surface area contributed by atoms with Crippen LogP contribution in [0, 0.1) is 0 Å². The molecule has 0 aliphatic carbocycles. The van der Waals surface area contributed by atoms with E-state index in [2.05, 4.69) is 15.9 Å². The zero-order valence-electron chi connectivity index (χ0n) is 9.80. The van der Waals surface area contributed by atoms with Crippen molar-refractivity contribution in [3.63, 3.8) is 0 Å². The van der Waals surface area contributed by atoms with E-state index in [0.29, 0.717) is 19.2 Å². The summed E-state index contributed by atoms with van der Waals surface area (Å²) >= 11 is 10.2. The number of thiophene rings is 1. The van der Waals surface area contributed by atoms with Crippen LogP contribution in [-0.4, -0.2) is 5.78 Å². The number of ketones is 1. The summed E-state index contributed by atoms with van der Waals surface area (Å²) in [6.07, 6.45) is -4.32. The molecule has 1 nitrogen and oxygen atoms in total. The second-order valence-electron chi connectivity index (χ2n) is 4.03. The van der Waals surface area contributed by atoms with Crippen LogP contribution in [-0.2, 0) is 12.6 Å². The Bertz CT molecular complexity index is 615. The normalized spacial score (nSPS) is 11.7. The molecule has 0 amide bonds. The number of hydrogen-bond donors (Lipinski definition) is 0. The predicted molar refractivity (Wildman–Crippen MR) is 76.5 cm³/mol. The van der Waals surface area contributed by atoms with Crippen LogP contribution < -0.4 is 0 Å². The maximum Gasteiger partial charge on any atom is 0.416 e. The lowest BCUT2D eigenvalue weighted by Crippen LogP contribution is -2.06. The molecular weight excluding hydrogens is 377 g/mol. The van der Waals surface area contributed by atoms with Gasteiger partial charge in [-0.15, -0.1) is 11.3 Å². The first-order valence-corrected chi connectivity index (χ1v) is 7.40. The summed E-state index contributed by atoms with van der Waals surface area (Å²) in [5, 5.41) is 0.450. The molecule has 0 atom stereocenters. The smallest absolute Gasteiger partial charge is 0.293 e. The zero-order chi connectivity index (χ0) is 14.9. The SMILES string of the molecule is O=C(Cc1ccc(C(F)(F)F)cc1)c1cc(Cl)c(Br)s1. The second-order valence-corrected chi connectivity index (χ2v) is 6.80. The van der Waals surface area contributed by atoms with E-state index in [1.807, 2.05) is 0 Å². The molecule has 1 aromatic carbocycles. The van der Waals surface area contributed by atoms with Crippen LogP contribution in [0.15, 0.2) is 34.1 Å². The molecule has 1 aromatic heterocycles. The van der Waals surface area contributed by atoms with Crippen molar-refractivity contribution >= 4 is 44.7 Å². The summed E-state index contributed by atoms with van der Waals surface area (Å²) in [5.74, 6) is -0.178. The maximum atomic E-state index is 12.4. The summed E-state index contributed by atoms with van der Waals surface area (Å²) in [7, 11) is 0. The van der Waals surface area contributed by atoms with Gasteiger partial charge in [0.15, 0.2) is 5.78 Å². The van der Waals surface area contributed by atoms with Gasteiger partial charge >= 0.3 is 6.18 Å².